The molecule has 0 bridgehead atoms. The van der Waals surface area contributed by atoms with Crippen LogP contribution in [0, 0.1) is 18.8 Å². The highest BCUT2D eigenvalue weighted by atomic mass is 14.9. The molecule has 1 aliphatic rings. The summed E-state index contributed by atoms with van der Waals surface area (Å²) >= 11 is 0. The molecule has 20 heavy (non-hydrogen) atoms. The van der Waals surface area contributed by atoms with Gasteiger partial charge in [0.2, 0.25) is 0 Å². The summed E-state index contributed by atoms with van der Waals surface area (Å²) in [5.41, 5.74) is 8.69. The summed E-state index contributed by atoms with van der Waals surface area (Å²) in [5.74, 6) is 2.23. The van der Waals surface area contributed by atoms with Gasteiger partial charge in [-0.25, -0.2) is 4.98 Å². The van der Waals surface area contributed by atoms with Gasteiger partial charge in [-0.15, -0.1) is 0 Å². The van der Waals surface area contributed by atoms with E-state index in [-0.39, 0.29) is 0 Å². The Labute approximate surface area is 123 Å². The normalized spacial score (nSPS) is 24.6. The van der Waals surface area contributed by atoms with Crippen LogP contribution in [0.2, 0.25) is 0 Å². The molecule has 0 aliphatic heterocycles. The number of nitrogen functional groups attached to an aromatic ring is 1. The molecule has 0 saturated heterocycles. The molecule has 3 heteroatoms. The first-order chi connectivity index (χ1) is 9.63. The van der Waals surface area contributed by atoms with Crippen LogP contribution in [-0.2, 0) is 0 Å². The maximum absolute atomic E-state index is 6.18. The number of rotatable bonds is 5. The Balaban J connectivity index is 2.26. The smallest absolute Gasteiger partial charge is 0.128 e. The molecule has 1 aromatic rings. The quantitative estimate of drug-likeness (QED) is 0.858. The number of nitrogens with zero attached hydrogens (tertiary/aromatic N) is 1. The third kappa shape index (κ3) is 3.51. The maximum Gasteiger partial charge on any atom is 0.128 e. The molecular formula is C17H29N3. The van der Waals surface area contributed by atoms with Gasteiger partial charge in [0, 0.05) is 17.8 Å². The minimum atomic E-state index is 0.367. The summed E-state index contributed by atoms with van der Waals surface area (Å²) < 4.78 is 0. The van der Waals surface area contributed by atoms with Gasteiger partial charge in [0.15, 0.2) is 0 Å². The van der Waals surface area contributed by atoms with E-state index in [1.165, 1.54) is 36.8 Å². The molecule has 3 nitrogen and oxygen atoms in total. The Kier molecular flexibility index (Phi) is 5.41. The third-order valence-electron chi connectivity index (χ3n) is 4.61. The van der Waals surface area contributed by atoms with E-state index in [0.29, 0.717) is 17.8 Å². The molecule has 3 atom stereocenters. The Morgan fingerprint density at radius 1 is 1.45 bits per heavy atom. The number of nitrogens with one attached hydrogen (secondary N) is 1. The number of aryl methyl sites for hydroxylation is 1. The minimum absolute atomic E-state index is 0.367. The third-order valence-corrected chi connectivity index (χ3v) is 4.61. The predicted molar refractivity (Wildman–Crippen MR) is 85.5 cm³/mol. The molecule has 0 aromatic carbocycles. The fourth-order valence-corrected chi connectivity index (χ4v) is 3.58. The van der Waals surface area contributed by atoms with Crippen molar-refractivity contribution in [2.45, 2.75) is 58.9 Å². The molecule has 0 spiro atoms. The highest BCUT2D eigenvalue weighted by Crippen LogP contribution is 2.39. The SMILES string of the molecule is CCCNC(c1c(C)ccnc1N)C1CCCC(C)C1. The molecule has 1 fully saturated rings. The van der Waals surface area contributed by atoms with Gasteiger partial charge in [0.25, 0.3) is 0 Å². The van der Waals surface area contributed by atoms with Gasteiger partial charge in [-0.05, 0) is 56.2 Å². The second-order valence-electron chi connectivity index (χ2n) is 6.39. The van der Waals surface area contributed by atoms with Crippen molar-refractivity contribution >= 4 is 5.82 Å². The second kappa shape index (κ2) is 7.07. The monoisotopic (exact) mass is 275 g/mol. The average molecular weight is 275 g/mol. The lowest BCUT2D eigenvalue weighted by atomic mass is 9.76. The highest BCUT2D eigenvalue weighted by Gasteiger charge is 2.29. The molecule has 3 unspecified atom stereocenters. The standard InChI is InChI=1S/C17H29N3/c1-4-9-19-16(14-7-5-6-12(2)11-14)15-13(3)8-10-20-17(15)18/h8,10,12,14,16,19H,4-7,9,11H2,1-3H3,(H2,18,20). The van der Waals surface area contributed by atoms with E-state index >= 15 is 0 Å². The van der Waals surface area contributed by atoms with E-state index in [9.17, 15) is 0 Å². The van der Waals surface area contributed by atoms with Crippen LogP contribution < -0.4 is 11.1 Å². The lowest BCUT2D eigenvalue weighted by Gasteiger charge is -2.35. The zero-order chi connectivity index (χ0) is 14.5. The van der Waals surface area contributed by atoms with Crippen LogP contribution in [0.15, 0.2) is 12.3 Å². The fourth-order valence-electron chi connectivity index (χ4n) is 3.58. The van der Waals surface area contributed by atoms with E-state index in [4.69, 9.17) is 5.73 Å². The van der Waals surface area contributed by atoms with Crippen molar-refractivity contribution in [1.29, 1.82) is 0 Å². The van der Waals surface area contributed by atoms with Crippen molar-refractivity contribution in [1.82, 2.24) is 10.3 Å². The van der Waals surface area contributed by atoms with Gasteiger partial charge in [-0.2, -0.15) is 0 Å². The predicted octanol–water partition coefficient (Wildman–Crippen LogP) is 3.84. The van der Waals surface area contributed by atoms with Crippen LogP contribution in [0.4, 0.5) is 5.82 Å². The summed E-state index contributed by atoms with van der Waals surface area (Å²) in [6, 6.07) is 2.45. The number of pyridine rings is 1. The van der Waals surface area contributed by atoms with Crippen LogP contribution in [0.5, 0.6) is 0 Å². The first-order valence-electron chi connectivity index (χ1n) is 8.07. The lowest BCUT2D eigenvalue weighted by molar-refractivity contribution is 0.223. The molecule has 1 aliphatic carbocycles. The second-order valence-corrected chi connectivity index (χ2v) is 6.39. The van der Waals surface area contributed by atoms with E-state index < -0.39 is 0 Å². The van der Waals surface area contributed by atoms with Gasteiger partial charge in [-0.3, -0.25) is 0 Å². The van der Waals surface area contributed by atoms with Gasteiger partial charge < -0.3 is 11.1 Å². The Hall–Kier alpha value is -1.09. The van der Waals surface area contributed by atoms with Crippen molar-refractivity contribution < 1.29 is 0 Å². The lowest BCUT2D eigenvalue weighted by Crippen LogP contribution is -2.33. The van der Waals surface area contributed by atoms with Crippen molar-refractivity contribution in [2.24, 2.45) is 11.8 Å². The number of hydrogen-bond donors (Lipinski definition) is 2. The minimum Gasteiger partial charge on any atom is -0.383 e. The van der Waals surface area contributed by atoms with E-state index in [0.717, 1.165) is 18.9 Å². The molecular weight excluding hydrogens is 246 g/mol. The average Bonchev–Trinajstić information content (AvgIpc) is 2.42. The van der Waals surface area contributed by atoms with Gasteiger partial charge >= 0.3 is 0 Å². The molecule has 0 amide bonds. The topological polar surface area (TPSA) is 50.9 Å². The number of aromatic nitrogens is 1. The van der Waals surface area contributed by atoms with Crippen molar-refractivity contribution in [3.8, 4) is 0 Å². The van der Waals surface area contributed by atoms with Crippen LogP contribution in [0.1, 0.15) is 63.1 Å². The van der Waals surface area contributed by atoms with E-state index in [2.05, 4.69) is 37.1 Å². The summed E-state index contributed by atoms with van der Waals surface area (Å²) in [6.07, 6.45) is 8.29. The highest BCUT2D eigenvalue weighted by molar-refractivity contribution is 5.46. The molecule has 1 aromatic heterocycles. The summed E-state index contributed by atoms with van der Waals surface area (Å²) in [4.78, 5) is 4.32. The Bertz CT molecular complexity index is 410. The molecule has 2 rings (SSSR count). The van der Waals surface area contributed by atoms with Crippen LogP contribution in [0.25, 0.3) is 0 Å². The molecule has 1 saturated carbocycles. The maximum atomic E-state index is 6.18. The number of nitrogens with two attached hydrogens (primary N) is 1. The van der Waals surface area contributed by atoms with Gasteiger partial charge in [0.1, 0.15) is 5.82 Å². The Morgan fingerprint density at radius 3 is 2.90 bits per heavy atom. The molecule has 112 valence electrons. The van der Waals surface area contributed by atoms with Crippen LogP contribution in [-0.4, -0.2) is 11.5 Å². The van der Waals surface area contributed by atoms with Gasteiger partial charge in [0.05, 0.1) is 0 Å². The number of hydrogen-bond acceptors (Lipinski definition) is 3. The molecule has 0 radical (unpaired) electrons. The summed E-state index contributed by atoms with van der Waals surface area (Å²) in [6.45, 7) is 7.79. The van der Waals surface area contributed by atoms with E-state index in [1.54, 1.807) is 0 Å². The largest absolute Gasteiger partial charge is 0.383 e. The molecule has 3 N–H and O–H groups in total. The van der Waals surface area contributed by atoms with Crippen LogP contribution >= 0.6 is 0 Å². The number of anilines is 1. The zero-order valence-electron chi connectivity index (χ0n) is 13.2. The molecule has 1 heterocycles. The first kappa shape index (κ1) is 15.3. The van der Waals surface area contributed by atoms with Crippen molar-refractivity contribution in [3.63, 3.8) is 0 Å². The van der Waals surface area contributed by atoms with Crippen molar-refractivity contribution in [3.05, 3.63) is 23.4 Å². The van der Waals surface area contributed by atoms with Crippen molar-refractivity contribution in [2.75, 3.05) is 12.3 Å². The fraction of sp³-hybridized carbons (Fsp3) is 0.706. The zero-order valence-corrected chi connectivity index (χ0v) is 13.2. The Morgan fingerprint density at radius 2 is 2.25 bits per heavy atom. The first-order valence-corrected chi connectivity index (χ1v) is 8.07. The van der Waals surface area contributed by atoms with Crippen LogP contribution in [0.3, 0.4) is 0 Å². The van der Waals surface area contributed by atoms with Gasteiger partial charge in [-0.1, -0.05) is 26.7 Å². The van der Waals surface area contributed by atoms with E-state index in [1.807, 2.05) is 6.20 Å². The summed E-state index contributed by atoms with van der Waals surface area (Å²) in [7, 11) is 0. The summed E-state index contributed by atoms with van der Waals surface area (Å²) in [5, 5.41) is 3.74.